The summed E-state index contributed by atoms with van der Waals surface area (Å²) in [4.78, 5) is 40.8. The van der Waals surface area contributed by atoms with Crippen molar-refractivity contribution in [1.29, 1.82) is 0 Å². The number of aliphatic imine (C=N–C) groups is 1. The van der Waals surface area contributed by atoms with Gasteiger partial charge in [-0.3, -0.25) is 23.7 Å². The number of nitrogens with zero attached hydrogens (tertiary/aromatic N) is 3. The average molecular weight is 373 g/mol. The van der Waals surface area contributed by atoms with E-state index in [4.69, 9.17) is 4.74 Å². The largest absolute Gasteiger partial charge is 0.494 e. The molecule has 0 radical (unpaired) electrons. The summed E-state index contributed by atoms with van der Waals surface area (Å²) in [5, 5.41) is 10.3. The standard InChI is InChI=1S/C19H23N3O5/c1-5-21-17(24)15(18(25)22(6-2)19(21)26)11-20-14-9-7-13(8-10-14)16(23)12(3)27-4/h7-12,24H,5-6H2,1-4H3. The van der Waals surface area contributed by atoms with E-state index < -0.39 is 23.2 Å². The molecule has 1 unspecified atom stereocenters. The highest BCUT2D eigenvalue weighted by Gasteiger charge is 2.16. The maximum Gasteiger partial charge on any atom is 0.333 e. The molecule has 0 fully saturated rings. The molecule has 2 aromatic rings. The number of aromatic hydroxyl groups is 1. The second kappa shape index (κ2) is 8.59. The van der Waals surface area contributed by atoms with Gasteiger partial charge in [0.05, 0.1) is 5.69 Å². The molecule has 1 aromatic heterocycles. The van der Waals surface area contributed by atoms with Crippen molar-refractivity contribution in [1.82, 2.24) is 9.13 Å². The van der Waals surface area contributed by atoms with Crippen molar-refractivity contribution >= 4 is 17.7 Å². The van der Waals surface area contributed by atoms with Crippen LogP contribution in [0.15, 0.2) is 38.8 Å². The molecule has 0 saturated carbocycles. The number of aromatic nitrogens is 2. The minimum absolute atomic E-state index is 0.0635. The molecule has 1 aromatic carbocycles. The minimum atomic E-state index is -0.603. The van der Waals surface area contributed by atoms with Crippen molar-refractivity contribution in [2.24, 2.45) is 4.99 Å². The molecule has 27 heavy (non-hydrogen) atoms. The van der Waals surface area contributed by atoms with Crippen LogP contribution in [-0.4, -0.2) is 39.5 Å². The Morgan fingerprint density at radius 1 is 1.19 bits per heavy atom. The first-order valence-corrected chi connectivity index (χ1v) is 8.63. The van der Waals surface area contributed by atoms with Crippen LogP contribution in [0.1, 0.15) is 36.7 Å². The van der Waals surface area contributed by atoms with Crippen molar-refractivity contribution in [2.75, 3.05) is 7.11 Å². The van der Waals surface area contributed by atoms with E-state index in [0.29, 0.717) is 11.3 Å². The fraction of sp³-hybridized carbons (Fsp3) is 0.368. The summed E-state index contributed by atoms with van der Waals surface area (Å²) in [7, 11) is 1.46. The maximum atomic E-state index is 12.4. The van der Waals surface area contributed by atoms with Gasteiger partial charge in [-0.25, -0.2) is 4.79 Å². The van der Waals surface area contributed by atoms with E-state index >= 15 is 0 Å². The zero-order chi connectivity index (χ0) is 20.1. The molecule has 0 aliphatic carbocycles. The zero-order valence-corrected chi connectivity index (χ0v) is 15.8. The molecule has 0 aliphatic rings. The minimum Gasteiger partial charge on any atom is -0.494 e. The van der Waals surface area contributed by atoms with E-state index in [1.165, 1.54) is 13.3 Å². The molecular formula is C19H23N3O5. The lowest BCUT2D eigenvalue weighted by Gasteiger charge is -2.11. The van der Waals surface area contributed by atoms with Crippen molar-refractivity contribution in [2.45, 2.75) is 40.0 Å². The molecule has 144 valence electrons. The number of benzene rings is 1. The highest BCUT2D eigenvalue weighted by Crippen LogP contribution is 2.16. The molecule has 1 atom stereocenters. The lowest BCUT2D eigenvalue weighted by Crippen LogP contribution is -2.41. The van der Waals surface area contributed by atoms with Gasteiger partial charge in [0.2, 0.25) is 5.88 Å². The van der Waals surface area contributed by atoms with Gasteiger partial charge in [0, 0.05) is 32.0 Å². The van der Waals surface area contributed by atoms with Crippen LogP contribution < -0.4 is 11.2 Å². The van der Waals surface area contributed by atoms with Gasteiger partial charge in [0.25, 0.3) is 5.56 Å². The van der Waals surface area contributed by atoms with E-state index in [9.17, 15) is 19.5 Å². The summed E-state index contributed by atoms with van der Waals surface area (Å²) in [6.45, 7) is 5.45. The first-order chi connectivity index (χ1) is 12.8. The van der Waals surface area contributed by atoms with E-state index in [1.54, 1.807) is 45.0 Å². The van der Waals surface area contributed by atoms with Gasteiger partial charge in [-0.2, -0.15) is 0 Å². The van der Waals surface area contributed by atoms with E-state index in [2.05, 4.69) is 4.99 Å². The monoisotopic (exact) mass is 373 g/mol. The molecule has 0 aliphatic heterocycles. The van der Waals surface area contributed by atoms with Crippen LogP contribution in [0.5, 0.6) is 5.88 Å². The normalized spacial score (nSPS) is 12.4. The topological polar surface area (TPSA) is 103 Å². The van der Waals surface area contributed by atoms with Crippen LogP contribution in [0.3, 0.4) is 0 Å². The van der Waals surface area contributed by atoms with Crippen LogP contribution >= 0.6 is 0 Å². The Hall–Kier alpha value is -3.00. The number of hydrogen-bond acceptors (Lipinski definition) is 6. The van der Waals surface area contributed by atoms with Gasteiger partial charge in [-0.05, 0) is 45.0 Å². The molecule has 0 bridgehead atoms. The Bertz CT molecular complexity index is 971. The van der Waals surface area contributed by atoms with Gasteiger partial charge in [0.15, 0.2) is 5.78 Å². The molecule has 0 amide bonds. The number of hydrogen-bond donors (Lipinski definition) is 1. The number of rotatable bonds is 7. The van der Waals surface area contributed by atoms with Crippen molar-refractivity contribution < 1.29 is 14.6 Å². The van der Waals surface area contributed by atoms with Crippen LogP contribution in [0.2, 0.25) is 0 Å². The van der Waals surface area contributed by atoms with Crippen molar-refractivity contribution in [3.63, 3.8) is 0 Å². The summed E-state index contributed by atoms with van der Waals surface area (Å²) in [5.74, 6) is -0.562. The molecule has 8 nitrogen and oxygen atoms in total. The van der Waals surface area contributed by atoms with Gasteiger partial charge in [-0.1, -0.05) is 0 Å². The predicted molar refractivity (Wildman–Crippen MR) is 102 cm³/mol. The quantitative estimate of drug-likeness (QED) is 0.588. The third-order valence-corrected chi connectivity index (χ3v) is 4.28. The molecular weight excluding hydrogens is 350 g/mol. The highest BCUT2D eigenvalue weighted by atomic mass is 16.5. The number of carbonyl (C=O) groups is 1. The second-order valence-corrected chi connectivity index (χ2v) is 5.86. The fourth-order valence-electron chi connectivity index (χ4n) is 2.58. The van der Waals surface area contributed by atoms with Gasteiger partial charge < -0.3 is 9.84 Å². The summed E-state index contributed by atoms with van der Waals surface area (Å²) in [5.41, 5.74) is -0.248. The van der Waals surface area contributed by atoms with Crippen LogP contribution in [-0.2, 0) is 17.8 Å². The molecule has 2 rings (SSSR count). The zero-order valence-electron chi connectivity index (χ0n) is 15.8. The lowest BCUT2D eigenvalue weighted by molar-refractivity contribution is 0.0655. The second-order valence-electron chi connectivity index (χ2n) is 5.86. The Labute approximate surface area is 156 Å². The third kappa shape index (κ3) is 4.06. The number of methoxy groups -OCH3 is 1. The van der Waals surface area contributed by atoms with Crippen molar-refractivity contribution in [3.8, 4) is 5.88 Å². The van der Waals surface area contributed by atoms with Crippen molar-refractivity contribution in [3.05, 3.63) is 56.2 Å². The SMILES string of the molecule is CCn1c(O)c(C=Nc2ccc(C(=O)C(C)OC)cc2)c(=O)n(CC)c1=O. The highest BCUT2D eigenvalue weighted by molar-refractivity contribution is 5.99. The van der Waals surface area contributed by atoms with Crippen LogP contribution in [0, 0.1) is 0 Å². The molecule has 0 saturated heterocycles. The fourth-order valence-corrected chi connectivity index (χ4v) is 2.58. The Morgan fingerprint density at radius 3 is 2.30 bits per heavy atom. The van der Waals surface area contributed by atoms with Gasteiger partial charge in [0.1, 0.15) is 11.7 Å². The maximum absolute atomic E-state index is 12.4. The smallest absolute Gasteiger partial charge is 0.333 e. The number of carbonyl (C=O) groups excluding carboxylic acids is 1. The first-order valence-electron chi connectivity index (χ1n) is 8.63. The summed E-state index contributed by atoms with van der Waals surface area (Å²) >= 11 is 0. The van der Waals surface area contributed by atoms with Crippen LogP contribution in [0.25, 0.3) is 0 Å². The third-order valence-electron chi connectivity index (χ3n) is 4.28. The Balaban J connectivity index is 2.40. The summed E-state index contributed by atoms with van der Waals surface area (Å²) in [6.07, 6.45) is 0.684. The first kappa shape index (κ1) is 20.3. The number of Topliss-reactive ketones (excluding diaryl/α,β-unsaturated/α-hetero) is 1. The van der Waals surface area contributed by atoms with E-state index in [0.717, 1.165) is 9.13 Å². The number of ketones is 1. The molecule has 0 spiro atoms. The average Bonchev–Trinajstić information content (AvgIpc) is 2.67. The predicted octanol–water partition coefficient (Wildman–Crippen LogP) is 1.72. The van der Waals surface area contributed by atoms with Gasteiger partial charge in [-0.15, -0.1) is 0 Å². The summed E-state index contributed by atoms with van der Waals surface area (Å²) < 4.78 is 7.16. The van der Waals surface area contributed by atoms with E-state index in [1.807, 2.05) is 0 Å². The molecule has 1 N–H and O–H groups in total. The van der Waals surface area contributed by atoms with E-state index in [-0.39, 0.29) is 24.4 Å². The molecule has 8 heteroatoms. The Morgan fingerprint density at radius 2 is 1.78 bits per heavy atom. The lowest BCUT2D eigenvalue weighted by atomic mass is 10.1. The van der Waals surface area contributed by atoms with Crippen LogP contribution in [0.4, 0.5) is 5.69 Å². The molecule has 1 heterocycles. The Kier molecular flexibility index (Phi) is 6.46. The number of ether oxygens (including phenoxy) is 1. The summed E-state index contributed by atoms with van der Waals surface area (Å²) in [6, 6.07) is 6.47. The van der Waals surface area contributed by atoms with Gasteiger partial charge >= 0.3 is 5.69 Å².